The van der Waals surface area contributed by atoms with Crippen LogP contribution < -0.4 is 15.4 Å². The average Bonchev–Trinajstić information content (AvgIpc) is 2.50. The highest BCUT2D eigenvalue weighted by Gasteiger charge is 2.19. The molecule has 1 aromatic rings. The molecule has 1 aliphatic rings. The first-order valence-electron chi connectivity index (χ1n) is 8.50. The predicted octanol–water partition coefficient (Wildman–Crippen LogP) is 4.38. The lowest BCUT2D eigenvalue weighted by molar-refractivity contribution is -0.118. The summed E-state index contributed by atoms with van der Waals surface area (Å²) in [5.41, 5.74) is 0.608. The molecule has 0 spiro atoms. The van der Waals surface area contributed by atoms with Crippen LogP contribution in [-0.2, 0) is 4.79 Å². The topological polar surface area (TPSA) is 50.4 Å². The molecule has 1 aliphatic carbocycles. The van der Waals surface area contributed by atoms with Gasteiger partial charge in [-0.05, 0) is 38.0 Å². The highest BCUT2D eigenvalue weighted by atomic mass is 35.5. The van der Waals surface area contributed by atoms with Gasteiger partial charge >= 0.3 is 0 Å². The fraction of sp³-hybridized carbons (Fsp3) is 0.611. The molecule has 0 aliphatic heterocycles. The number of amides is 1. The van der Waals surface area contributed by atoms with Gasteiger partial charge in [0.1, 0.15) is 5.75 Å². The summed E-state index contributed by atoms with van der Waals surface area (Å²) >= 11 is 6.00. The molecule has 0 radical (unpaired) electrons. The van der Waals surface area contributed by atoms with E-state index in [2.05, 4.69) is 10.6 Å². The van der Waals surface area contributed by atoms with Gasteiger partial charge in [0.2, 0.25) is 5.91 Å². The van der Waals surface area contributed by atoms with Crippen LogP contribution in [-0.4, -0.2) is 25.1 Å². The number of halogens is 1. The largest absolute Gasteiger partial charge is 0.495 e. The number of ether oxygens (including phenoxy) is 1. The van der Waals surface area contributed by atoms with Gasteiger partial charge in [0.25, 0.3) is 0 Å². The summed E-state index contributed by atoms with van der Waals surface area (Å²) in [5.74, 6) is 0.550. The van der Waals surface area contributed by atoms with Crippen LogP contribution in [0.3, 0.4) is 0 Å². The summed E-state index contributed by atoms with van der Waals surface area (Å²) in [6.45, 7) is 1.91. The van der Waals surface area contributed by atoms with Gasteiger partial charge in [-0.15, -0.1) is 0 Å². The van der Waals surface area contributed by atoms with E-state index in [0.29, 0.717) is 22.5 Å². The van der Waals surface area contributed by atoms with E-state index in [1.165, 1.54) is 32.1 Å². The molecule has 1 atom stereocenters. The highest BCUT2D eigenvalue weighted by Crippen LogP contribution is 2.27. The maximum atomic E-state index is 12.4. The first-order chi connectivity index (χ1) is 11.1. The van der Waals surface area contributed by atoms with Crippen LogP contribution in [0.15, 0.2) is 18.2 Å². The molecule has 1 fully saturated rings. The average molecular weight is 339 g/mol. The Kier molecular flexibility index (Phi) is 7.18. The molecule has 128 valence electrons. The Morgan fingerprint density at radius 1 is 1.22 bits per heavy atom. The van der Waals surface area contributed by atoms with Crippen LogP contribution in [0, 0.1) is 0 Å². The Morgan fingerprint density at radius 3 is 2.52 bits per heavy atom. The van der Waals surface area contributed by atoms with Crippen molar-refractivity contribution < 1.29 is 9.53 Å². The quantitative estimate of drug-likeness (QED) is 0.837. The molecule has 4 nitrogen and oxygen atoms in total. The molecule has 0 aromatic heterocycles. The van der Waals surface area contributed by atoms with E-state index in [1.807, 2.05) is 6.92 Å². The van der Waals surface area contributed by atoms with E-state index in [9.17, 15) is 4.79 Å². The smallest absolute Gasteiger partial charge is 0.241 e. The van der Waals surface area contributed by atoms with Gasteiger partial charge in [0, 0.05) is 11.1 Å². The van der Waals surface area contributed by atoms with E-state index in [1.54, 1.807) is 25.3 Å². The van der Waals surface area contributed by atoms with Crippen LogP contribution in [0.4, 0.5) is 5.69 Å². The zero-order valence-electron chi connectivity index (χ0n) is 14.0. The zero-order chi connectivity index (χ0) is 16.7. The molecule has 0 heterocycles. The van der Waals surface area contributed by atoms with Gasteiger partial charge in [-0.1, -0.05) is 43.7 Å². The molecule has 1 saturated carbocycles. The fourth-order valence-corrected chi connectivity index (χ4v) is 3.24. The van der Waals surface area contributed by atoms with Crippen molar-refractivity contribution in [1.82, 2.24) is 5.32 Å². The lowest BCUT2D eigenvalue weighted by atomic mass is 9.96. The molecule has 5 heteroatoms. The number of methoxy groups -OCH3 is 1. The van der Waals surface area contributed by atoms with E-state index in [0.717, 1.165) is 12.8 Å². The van der Waals surface area contributed by atoms with Crippen molar-refractivity contribution in [1.29, 1.82) is 0 Å². The standard InChI is InChI=1S/C18H27ClN2O2/c1-13(20-15-8-6-4-3-5-7-9-15)18(22)21-16-12-14(19)10-11-17(16)23-2/h10-13,15,20H,3-9H2,1-2H3,(H,21,22)/t13-/m1/s1. The Bertz CT molecular complexity index is 514. The van der Waals surface area contributed by atoms with Crippen molar-refractivity contribution in [2.45, 2.75) is 64.0 Å². The van der Waals surface area contributed by atoms with Gasteiger partial charge in [0.15, 0.2) is 0 Å². The van der Waals surface area contributed by atoms with Crippen LogP contribution in [0.25, 0.3) is 0 Å². The van der Waals surface area contributed by atoms with Gasteiger partial charge in [0.05, 0.1) is 18.8 Å². The summed E-state index contributed by atoms with van der Waals surface area (Å²) in [4.78, 5) is 12.4. The van der Waals surface area contributed by atoms with Gasteiger partial charge < -0.3 is 15.4 Å². The molecule has 0 unspecified atom stereocenters. The zero-order valence-corrected chi connectivity index (χ0v) is 14.8. The van der Waals surface area contributed by atoms with E-state index >= 15 is 0 Å². The van der Waals surface area contributed by atoms with E-state index < -0.39 is 0 Å². The van der Waals surface area contributed by atoms with Crippen molar-refractivity contribution in [3.8, 4) is 5.75 Å². The van der Waals surface area contributed by atoms with Crippen LogP contribution in [0.1, 0.15) is 51.9 Å². The monoisotopic (exact) mass is 338 g/mol. The third-order valence-electron chi connectivity index (χ3n) is 4.40. The minimum absolute atomic E-state index is 0.0624. The SMILES string of the molecule is COc1ccc(Cl)cc1NC(=O)[C@@H](C)NC1CCCCCCC1. The van der Waals surface area contributed by atoms with Crippen molar-refractivity contribution >= 4 is 23.2 Å². The molecule has 2 rings (SSSR count). The Morgan fingerprint density at radius 2 is 1.87 bits per heavy atom. The number of hydrogen-bond acceptors (Lipinski definition) is 3. The number of rotatable bonds is 5. The maximum absolute atomic E-state index is 12.4. The van der Waals surface area contributed by atoms with Crippen molar-refractivity contribution in [2.75, 3.05) is 12.4 Å². The molecule has 23 heavy (non-hydrogen) atoms. The molecular weight excluding hydrogens is 312 g/mol. The van der Waals surface area contributed by atoms with Crippen molar-refractivity contribution in [3.63, 3.8) is 0 Å². The second-order valence-corrected chi connectivity index (χ2v) is 6.70. The molecule has 0 bridgehead atoms. The third kappa shape index (κ3) is 5.70. The number of hydrogen-bond donors (Lipinski definition) is 2. The van der Waals surface area contributed by atoms with E-state index in [-0.39, 0.29) is 11.9 Å². The second-order valence-electron chi connectivity index (χ2n) is 6.26. The molecule has 1 aromatic carbocycles. The minimum atomic E-state index is -0.247. The van der Waals surface area contributed by atoms with E-state index in [4.69, 9.17) is 16.3 Å². The molecule has 1 amide bonds. The summed E-state index contributed by atoms with van der Waals surface area (Å²) in [6.07, 6.45) is 8.74. The number of carbonyl (C=O) groups excluding carboxylic acids is 1. The molecule has 0 saturated heterocycles. The lowest BCUT2D eigenvalue weighted by Gasteiger charge is -2.25. The third-order valence-corrected chi connectivity index (χ3v) is 4.64. The molecule has 2 N–H and O–H groups in total. The predicted molar refractivity (Wildman–Crippen MR) is 95.3 cm³/mol. The fourth-order valence-electron chi connectivity index (χ4n) is 3.07. The number of nitrogens with one attached hydrogen (secondary N) is 2. The van der Waals surface area contributed by atoms with Crippen LogP contribution in [0.2, 0.25) is 5.02 Å². The van der Waals surface area contributed by atoms with Gasteiger partial charge in [-0.3, -0.25) is 4.79 Å². The Balaban J connectivity index is 1.92. The lowest BCUT2D eigenvalue weighted by Crippen LogP contribution is -2.44. The molecular formula is C18H27ClN2O2. The second kappa shape index (κ2) is 9.14. The van der Waals surface area contributed by atoms with Gasteiger partial charge in [-0.25, -0.2) is 0 Å². The highest BCUT2D eigenvalue weighted by molar-refractivity contribution is 6.31. The van der Waals surface area contributed by atoms with Crippen LogP contribution >= 0.6 is 11.6 Å². The summed E-state index contributed by atoms with van der Waals surface area (Å²) in [7, 11) is 1.58. The first kappa shape index (κ1) is 18.1. The Labute approximate surface area is 143 Å². The number of benzene rings is 1. The first-order valence-corrected chi connectivity index (χ1v) is 8.88. The van der Waals surface area contributed by atoms with Crippen molar-refractivity contribution in [2.24, 2.45) is 0 Å². The van der Waals surface area contributed by atoms with Crippen molar-refractivity contribution in [3.05, 3.63) is 23.2 Å². The summed E-state index contributed by atoms with van der Waals surface area (Å²) in [6, 6.07) is 5.39. The minimum Gasteiger partial charge on any atom is -0.495 e. The number of anilines is 1. The maximum Gasteiger partial charge on any atom is 0.241 e. The summed E-state index contributed by atoms with van der Waals surface area (Å²) < 4.78 is 5.27. The summed E-state index contributed by atoms with van der Waals surface area (Å²) in [5, 5.41) is 6.95. The van der Waals surface area contributed by atoms with Crippen LogP contribution in [0.5, 0.6) is 5.75 Å². The normalized spacial score (nSPS) is 17.9. The van der Waals surface area contributed by atoms with Gasteiger partial charge in [-0.2, -0.15) is 0 Å². The number of carbonyl (C=O) groups is 1. The Hall–Kier alpha value is -1.26.